The lowest BCUT2D eigenvalue weighted by Gasteiger charge is -1.94. The Bertz CT molecular complexity index is 118. The Morgan fingerprint density at radius 2 is 2.00 bits per heavy atom. The van der Waals surface area contributed by atoms with Crippen LogP contribution in [0, 0.1) is 0 Å². The quantitative estimate of drug-likeness (QED) is 0.125. The Labute approximate surface area is 45.7 Å². The van der Waals surface area contributed by atoms with E-state index in [-0.39, 0.29) is 5.96 Å². The van der Waals surface area contributed by atoms with E-state index in [2.05, 4.69) is 16.7 Å². The van der Waals surface area contributed by atoms with E-state index in [1.54, 1.807) is 0 Å². The molecular weight excluding hydrogens is 110 g/mol. The molecule has 0 saturated heterocycles. The Hall–Kier alpha value is -1.46. The van der Waals surface area contributed by atoms with E-state index < -0.39 is 6.03 Å². The van der Waals surface area contributed by atoms with Crippen LogP contribution in [0.1, 0.15) is 0 Å². The van der Waals surface area contributed by atoms with Gasteiger partial charge in [-0.2, -0.15) is 0 Å². The van der Waals surface area contributed by atoms with Gasteiger partial charge in [-0.15, -0.1) is 5.10 Å². The SMILES string of the molecule is N/N=C(/N)NC(N)=O. The van der Waals surface area contributed by atoms with Crippen LogP contribution >= 0.6 is 0 Å². The molecule has 0 saturated carbocycles. The third kappa shape index (κ3) is 2.76. The van der Waals surface area contributed by atoms with Crippen LogP contribution in [0.25, 0.3) is 0 Å². The largest absolute Gasteiger partial charge is 0.368 e. The van der Waals surface area contributed by atoms with E-state index in [4.69, 9.17) is 5.73 Å². The highest BCUT2D eigenvalue weighted by atomic mass is 16.2. The number of nitrogens with two attached hydrogens (primary N) is 3. The van der Waals surface area contributed by atoms with Gasteiger partial charge in [0.05, 0.1) is 0 Å². The summed E-state index contributed by atoms with van der Waals surface area (Å²) in [6.45, 7) is 0. The van der Waals surface area contributed by atoms with Crippen LogP contribution in [0.15, 0.2) is 5.10 Å². The lowest BCUT2D eigenvalue weighted by molar-refractivity contribution is 0.253. The zero-order valence-corrected chi connectivity index (χ0v) is 4.09. The van der Waals surface area contributed by atoms with E-state index >= 15 is 0 Å². The molecule has 8 heavy (non-hydrogen) atoms. The zero-order valence-electron chi connectivity index (χ0n) is 4.09. The number of guanidine groups is 1. The fraction of sp³-hybridized carbons (Fsp3) is 0. The summed E-state index contributed by atoms with van der Waals surface area (Å²) in [5.41, 5.74) is 9.49. The number of hydrogen-bond acceptors (Lipinski definition) is 3. The van der Waals surface area contributed by atoms with Gasteiger partial charge in [0.25, 0.3) is 0 Å². The fourth-order valence-electron chi connectivity index (χ4n) is 0.159. The molecule has 7 N–H and O–H groups in total. The number of carbonyl (C=O) groups is 1. The van der Waals surface area contributed by atoms with Crippen molar-refractivity contribution in [2.24, 2.45) is 22.4 Å². The van der Waals surface area contributed by atoms with E-state index in [0.29, 0.717) is 0 Å². The highest BCUT2D eigenvalue weighted by Gasteiger charge is 1.90. The molecule has 6 nitrogen and oxygen atoms in total. The molecular formula is C2H7N5O. The maximum absolute atomic E-state index is 9.86. The summed E-state index contributed by atoms with van der Waals surface area (Å²) in [5, 5.41) is 4.85. The lowest BCUT2D eigenvalue weighted by atomic mass is 10.9. The van der Waals surface area contributed by atoms with Gasteiger partial charge in [0.2, 0.25) is 5.96 Å². The number of nitrogens with one attached hydrogen (secondary N) is 1. The molecule has 0 rings (SSSR count). The van der Waals surface area contributed by atoms with E-state index in [9.17, 15) is 4.79 Å². The van der Waals surface area contributed by atoms with Crippen molar-refractivity contribution in [1.82, 2.24) is 5.32 Å². The molecule has 0 aromatic heterocycles. The summed E-state index contributed by atoms with van der Waals surface area (Å²) < 4.78 is 0. The summed E-state index contributed by atoms with van der Waals surface area (Å²) in [4.78, 5) is 9.86. The number of rotatable bonds is 0. The van der Waals surface area contributed by atoms with Crippen LogP contribution in [0.3, 0.4) is 0 Å². The first-order valence-corrected chi connectivity index (χ1v) is 1.76. The molecule has 0 heterocycles. The molecule has 0 radical (unpaired) electrons. The minimum atomic E-state index is -0.781. The molecule has 2 amide bonds. The lowest BCUT2D eigenvalue weighted by Crippen LogP contribution is -2.40. The first-order chi connectivity index (χ1) is 3.66. The highest BCUT2D eigenvalue weighted by Crippen LogP contribution is 1.52. The number of hydrazone groups is 1. The van der Waals surface area contributed by atoms with Gasteiger partial charge >= 0.3 is 6.03 Å². The van der Waals surface area contributed by atoms with Crippen molar-refractivity contribution < 1.29 is 4.79 Å². The van der Waals surface area contributed by atoms with Crippen LogP contribution in [0.4, 0.5) is 4.79 Å². The number of nitrogens with zero attached hydrogens (tertiary/aromatic N) is 1. The number of carbonyl (C=O) groups excluding carboxylic acids is 1. The van der Waals surface area contributed by atoms with E-state index in [0.717, 1.165) is 0 Å². The van der Waals surface area contributed by atoms with Crippen LogP contribution in [-0.4, -0.2) is 12.0 Å². The van der Waals surface area contributed by atoms with Crippen LogP contribution in [0.5, 0.6) is 0 Å². The van der Waals surface area contributed by atoms with E-state index in [1.165, 1.54) is 0 Å². The number of primary amides is 1. The molecule has 0 atom stereocenters. The molecule has 0 aromatic rings. The predicted octanol–water partition coefficient (Wildman–Crippen LogP) is -2.16. The maximum Gasteiger partial charge on any atom is 0.318 e. The minimum absolute atomic E-state index is 0.197. The number of urea groups is 1. The van der Waals surface area contributed by atoms with Crippen LogP contribution in [-0.2, 0) is 0 Å². The van der Waals surface area contributed by atoms with Crippen molar-refractivity contribution in [1.29, 1.82) is 0 Å². The van der Waals surface area contributed by atoms with Gasteiger partial charge in [0.15, 0.2) is 0 Å². The third-order valence-electron chi connectivity index (χ3n) is 0.390. The van der Waals surface area contributed by atoms with Crippen LogP contribution < -0.4 is 22.6 Å². The Kier molecular flexibility index (Phi) is 2.18. The normalized spacial score (nSPS) is 10.8. The van der Waals surface area contributed by atoms with Gasteiger partial charge in [-0.1, -0.05) is 0 Å². The fourth-order valence-corrected chi connectivity index (χ4v) is 0.159. The Morgan fingerprint density at radius 1 is 1.50 bits per heavy atom. The highest BCUT2D eigenvalue weighted by molar-refractivity contribution is 5.94. The summed E-state index contributed by atoms with van der Waals surface area (Å²) in [6.07, 6.45) is 0. The van der Waals surface area contributed by atoms with Crippen molar-refractivity contribution in [3.8, 4) is 0 Å². The molecule has 0 aliphatic rings. The second-order valence-corrected chi connectivity index (χ2v) is 1.00. The molecule has 0 fully saturated rings. The van der Waals surface area contributed by atoms with Gasteiger partial charge in [0.1, 0.15) is 0 Å². The second kappa shape index (κ2) is 2.67. The number of amides is 2. The second-order valence-electron chi connectivity index (χ2n) is 1.00. The third-order valence-corrected chi connectivity index (χ3v) is 0.390. The minimum Gasteiger partial charge on any atom is -0.368 e. The average Bonchev–Trinajstić information content (AvgIpc) is 1.65. The first-order valence-electron chi connectivity index (χ1n) is 1.76. The smallest absolute Gasteiger partial charge is 0.318 e. The van der Waals surface area contributed by atoms with Gasteiger partial charge in [-0.05, 0) is 0 Å². The van der Waals surface area contributed by atoms with Gasteiger partial charge < -0.3 is 17.3 Å². The van der Waals surface area contributed by atoms with Crippen LogP contribution in [0.2, 0.25) is 0 Å². The number of hydrogen-bond donors (Lipinski definition) is 4. The molecule has 0 unspecified atom stereocenters. The topological polar surface area (TPSA) is 120 Å². The monoisotopic (exact) mass is 117 g/mol. The first kappa shape index (κ1) is 6.54. The predicted molar refractivity (Wildman–Crippen MR) is 28.5 cm³/mol. The van der Waals surface area contributed by atoms with Crippen molar-refractivity contribution in [3.63, 3.8) is 0 Å². The van der Waals surface area contributed by atoms with Crippen molar-refractivity contribution >= 4 is 12.0 Å². The molecule has 46 valence electrons. The molecule has 0 aliphatic carbocycles. The molecule has 0 aliphatic heterocycles. The van der Waals surface area contributed by atoms with Crippen molar-refractivity contribution in [3.05, 3.63) is 0 Å². The van der Waals surface area contributed by atoms with Gasteiger partial charge in [-0.25, -0.2) is 4.79 Å². The Morgan fingerprint density at radius 3 is 2.12 bits per heavy atom. The summed E-state index contributed by atoms with van der Waals surface area (Å²) >= 11 is 0. The maximum atomic E-state index is 9.86. The average molecular weight is 117 g/mol. The molecule has 0 spiro atoms. The van der Waals surface area contributed by atoms with Crippen molar-refractivity contribution in [2.75, 3.05) is 0 Å². The molecule has 0 aromatic carbocycles. The van der Waals surface area contributed by atoms with Gasteiger partial charge in [-0.3, -0.25) is 5.32 Å². The standard InChI is InChI=1S/C2H7N5O/c3-1(7-5)6-2(4)8/h5H2,(H5,3,4,6,7,8). The summed E-state index contributed by atoms with van der Waals surface area (Å²) in [5.74, 6) is 4.42. The van der Waals surface area contributed by atoms with E-state index in [1.807, 2.05) is 5.32 Å². The van der Waals surface area contributed by atoms with Gasteiger partial charge in [0, 0.05) is 0 Å². The summed E-state index contributed by atoms with van der Waals surface area (Å²) in [7, 11) is 0. The zero-order chi connectivity index (χ0) is 6.57. The van der Waals surface area contributed by atoms with Crippen molar-refractivity contribution in [2.45, 2.75) is 0 Å². The Balaban J connectivity index is 3.56. The molecule has 6 heteroatoms. The molecule has 0 bridgehead atoms. The summed E-state index contributed by atoms with van der Waals surface area (Å²) in [6, 6.07) is -0.781.